The molecule has 0 unspecified atom stereocenters. The maximum absolute atomic E-state index is 5.35. The number of para-hydroxylation sites is 2. The number of hydrogen-bond acceptors (Lipinski definition) is 2. The van der Waals surface area contributed by atoms with E-state index in [9.17, 15) is 0 Å². The van der Waals surface area contributed by atoms with Gasteiger partial charge in [-0.1, -0.05) is 42.5 Å². The molecular weight excluding hydrogens is 234 g/mol. The van der Waals surface area contributed by atoms with Gasteiger partial charge in [0.2, 0.25) is 0 Å². The summed E-state index contributed by atoms with van der Waals surface area (Å²) in [4.78, 5) is 0. The van der Waals surface area contributed by atoms with E-state index < -0.39 is 0 Å². The molecule has 19 heavy (non-hydrogen) atoms. The fourth-order valence-corrected chi connectivity index (χ4v) is 1.99. The highest BCUT2D eigenvalue weighted by Crippen LogP contribution is 2.21. The van der Waals surface area contributed by atoms with E-state index in [1.807, 2.05) is 36.4 Å². The number of anilines is 1. The van der Waals surface area contributed by atoms with Crippen molar-refractivity contribution in [1.29, 1.82) is 0 Å². The summed E-state index contributed by atoms with van der Waals surface area (Å²) in [5, 5.41) is 3.41. The molecule has 1 N–H and O–H groups in total. The zero-order valence-corrected chi connectivity index (χ0v) is 11.1. The van der Waals surface area contributed by atoms with Crippen molar-refractivity contribution >= 4 is 5.69 Å². The van der Waals surface area contributed by atoms with E-state index in [-0.39, 0.29) is 0 Å². The minimum Gasteiger partial charge on any atom is -0.496 e. The van der Waals surface area contributed by atoms with Gasteiger partial charge >= 0.3 is 0 Å². The highest BCUT2D eigenvalue weighted by molar-refractivity contribution is 5.51. The number of nitrogens with one attached hydrogen (secondary N) is 1. The standard InChI is InChI=1S/C17H18NO/c1-3-8-14-9-4-6-11-16(14)18-13-15-10-5-7-12-17(15)19-2/h3-7,9-10,12,18H,1,8,13H2,2H3. The van der Waals surface area contributed by atoms with E-state index in [0.717, 1.165) is 23.4 Å². The molecule has 0 amide bonds. The van der Waals surface area contributed by atoms with Crippen LogP contribution >= 0.6 is 0 Å². The Balaban J connectivity index is 2.12. The number of methoxy groups -OCH3 is 1. The van der Waals surface area contributed by atoms with Gasteiger partial charge in [-0.2, -0.15) is 0 Å². The van der Waals surface area contributed by atoms with Crippen molar-refractivity contribution in [2.75, 3.05) is 12.4 Å². The Morgan fingerprint density at radius 1 is 1.21 bits per heavy atom. The second-order valence-electron chi connectivity index (χ2n) is 4.23. The molecule has 2 aromatic carbocycles. The number of allylic oxidation sites excluding steroid dienone is 1. The van der Waals surface area contributed by atoms with Crippen molar-refractivity contribution in [2.24, 2.45) is 0 Å². The Morgan fingerprint density at radius 3 is 2.79 bits per heavy atom. The Morgan fingerprint density at radius 2 is 2.00 bits per heavy atom. The van der Waals surface area contributed by atoms with Gasteiger partial charge in [-0.05, 0) is 18.1 Å². The average molecular weight is 252 g/mol. The zero-order valence-electron chi connectivity index (χ0n) is 11.1. The summed E-state index contributed by atoms with van der Waals surface area (Å²) in [5.74, 6) is 0.899. The largest absolute Gasteiger partial charge is 0.496 e. The smallest absolute Gasteiger partial charge is 0.123 e. The Bertz CT molecular complexity index is 548. The molecule has 0 saturated carbocycles. The summed E-state index contributed by atoms with van der Waals surface area (Å²) in [6.07, 6.45) is 2.74. The molecule has 0 aliphatic rings. The van der Waals surface area contributed by atoms with Gasteiger partial charge in [-0.15, -0.1) is 6.58 Å². The van der Waals surface area contributed by atoms with Crippen LogP contribution in [0.15, 0.2) is 55.1 Å². The highest BCUT2D eigenvalue weighted by atomic mass is 16.5. The lowest BCUT2D eigenvalue weighted by Gasteiger charge is -2.12. The Hall–Kier alpha value is -2.22. The molecule has 0 fully saturated rings. The maximum atomic E-state index is 5.35. The fourth-order valence-electron chi connectivity index (χ4n) is 1.99. The van der Waals surface area contributed by atoms with E-state index in [1.54, 1.807) is 7.11 Å². The van der Waals surface area contributed by atoms with Crippen LogP contribution in [0.2, 0.25) is 0 Å². The van der Waals surface area contributed by atoms with Crippen LogP contribution in [-0.2, 0) is 13.0 Å². The molecular formula is C17H18NO. The van der Waals surface area contributed by atoms with E-state index in [1.165, 1.54) is 5.56 Å². The Kier molecular flexibility index (Phi) is 4.62. The van der Waals surface area contributed by atoms with Gasteiger partial charge in [-0.3, -0.25) is 0 Å². The first-order chi connectivity index (χ1) is 9.35. The molecule has 97 valence electrons. The van der Waals surface area contributed by atoms with Crippen molar-refractivity contribution in [1.82, 2.24) is 0 Å². The first kappa shape index (κ1) is 13.2. The van der Waals surface area contributed by atoms with Crippen molar-refractivity contribution in [3.05, 3.63) is 72.3 Å². The minimum absolute atomic E-state index is 0.717. The first-order valence-corrected chi connectivity index (χ1v) is 6.31. The third kappa shape index (κ3) is 3.38. The van der Waals surface area contributed by atoms with Crippen molar-refractivity contribution in [2.45, 2.75) is 13.0 Å². The van der Waals surface area contributed by atoms with Gasteiger partial charge in [-0.25, -0.2) is 0 Å². The normalized spacial score (nSPS) is 9.95. The molecule has 0 aliphatic heterocycles. The van der Waals surface area contributed by atoms with Gasteiger partial charge < -0.3 is 10.1 Å². The van der Waals surface area contributed by atoms with Gasteiger partial charge in [0.15, 0.2) is 0 Å². The molecule has 0 heterocycles. The van der Waals surface area contributed by atoms with Crippen LogP contribution in [0.25, 0.3) is 0 Å². The van der Waals surface area contributed by atoms with E-state index >= 15 is 0 Å². The molecule has 0 bridgehead atoms. The van der Waals surface area contributed by atoms with Crippen LogP contribution in [0.5, 0.6) is 5.75 Å². The second kappa shape index (κ2) is 6.64. The lowest BCUT2D eigenvalue weighted by Crippen LogP contribution is -2.03. The van der Waals surface area contributed by atoms with Gasteiger partial charge in [0.05, 0.1) is 7.11 Å². The molecule has 2 nitrogen and oxygen atoms in total. The molecule has 2 aromatic rings. The average Bonchev–Trinajstić information content (AvgIpc) is 2.47. The molecule has 1 radical (unpaired) electrons. The second-order valence-corrected chi connectivity index (χ2v) is 4.23. The summed E-state index contributed by atoms with van der Waals surface area (Å²) in [6, 6.07) is 17.2. The highest BCUT2D eigenvalue weighted by Gasteiger charge is 2.03. The molecule has 0 spiro atoms. The molecule has 0 aliphatic carbocycles. The van der Waals surface area contributed by atoms with Crippen LogP contribution in [0.4, 0.5) is 5.69 Å². The number of ether oxygens (including phenoxy) is 1. The SMILES string of the molecule is C=CCc1ccc[c]c1NCc1ccccc1OC. The number of benzene rings is 2. The molecule has 0 saturated heterocycles. The predicted molar refractivity (Wildman–Crippen MR) is 79.5 cm³/mol. The summed E-state index contributed by atoms with van der Waals surface area (Å²) in [7, 11) is 1.69. The first-order valence-electron chi connectivity index (χ1n) is 6.31. The maximum Gasteiger partial charge on any atom is 0.123 e. The van der Waals surface area contributed by atoms with Crippen LogP contribution in [0, 0.1) is 6.07 Å². The summed E-state index contributed by atoms with van der Waals surface area (Å²) >= 11 is 0. The van der Waals surface area contributed by atoms with Crippen molar-refractivity contribution in [3.8, 4) is 5.75 Å². The third-order valence-corrected chi connectivity index (χ3v) is 2.95. The van der Waals surface area contributed by atoms with Gasteiger partial charge in [0.1, 0.15) is 5.75 Å². The molecule has 2 rings (SSSR count). The van der Waals surface area contributed by atoms with Crippen LogP contribution in [0.1, 0.15) is 11.1 Å². The van der Waals surface area contributed by atoms with Gasteiger partial charge in [0.25, 0.3) is 0 Å². The number of rotatable bonds is 6. The topological polar surface area (TPSA) is 21.3 Å². The molecule has 0 aromatic heterocycles. The quantitative estimate of drug-likeness (QED) is 0.789. The fraction of sp³-hybridized carbons (Fsp3) is 0.176. The zero-order chi connectivity index (χ0) is 13.5. The summed E-state index contributed by atoms with van der Waals surface area (Å²) in [6.45, 7) is 4.50. The third-order valence-electron chi connectivity index (χ3n) is 2.95. The predicted octanol–water partition coefficient (Wildman–Crippen LogP) is 3.84. The van der Waals surface area contributed by atoms with Crippen LogP contribution in [0.3, 0.4) is 0 Å². The Labute approximate surface area is 114 Å². The lowest BCUT2D eigenvalue weighted by atomic mass is 10.1. The van der Waals surface area contributed by atoms with Crippen LogP contribution < -0.4 is 10.1 Å². The van der Waals surface area contributed by atoms with E-state index in [0.29, 0.717) is 6.54 Å². The monoisotopic (exact) mass is 252 g/mol. The summed E-state index contributed by atoms with van der Waals surface area (Å²) < 4.78 is 5.35. The van der Waals surface area contributed by atoms with E-state index in [4.69, 9.17) is 4.74 Å². The van der Waals surface area contributed by atoms with E-state index in [2.05, 4.69) is 30.1 Å². The molecule has 2 heteroatoms. The lowest BCUT2D eigenvalue weighted by molar-refractivity contribution is 0.410. The van der Waals surface area contributed by atoms with Crippen molar-refractivity contribution < 1.29 is 4.74 Å². The number of hydrogen-bond donors (Lipinski definition) is 1. The summed E-state index contributed by atoms with van der Waals surface area (Å²) in [5.41, 5.74) is 3.35. The van der Waals surface area contributed by atoms with Crippen LogP contribution in [-0.4, -0.2) is 7.11 Å². The molecule has 0 atom stereocenters. The minimum atomic E-state index is 0.717. The van der Waals surface area contributed by atoms with Crippen molar-refractivity contribution in [3.63, 3.8) is 0 Å². The van der Waals surface area contributed by atoms with Gasteiger partial charge in [0, 0.05) is 23.9 Å².